The Labute approximate surface area is 107 Å². The van der Waals surface area contributed by atoms with Crippen LogP contribution in [0.5, 0.6) is 0 Å². The molecule has 0 saturated carbocycles. The highest BCUT2D eigenvalue weighted by Gasteiger charge is 2.48. The number of rotatable bonds is 7. The topological polar surface area (TPSA) is 141 Å². The van der Waals surface area contributed by atoms with E-state index in [-0.39, 0.29) is 13.0 Å². The molecule has 0 aromatic heterocycles. The standard InChI is InChI=1S/C10H13NO8/c12-6-2-1-3-11(6)19-10(9(17)18,4-7(13)14)5-8(15)16/h1-5H2,(H,13,14)(H,15,16)(H,17,18). The lowest BCUT2D eigenvalue weighted by atomic mass is 9.95. The van der Waals surface area contributed by atoms with Crippen molar-refractivity contribution < 1.29 is 39.3 Å². The second-order valence-electron chi connectivity index (χ2n) is 4.13. The molecule has 0 unspecified atom stereocenters. The Bertz CT molecular complexity index is 402. The van der Waals surface area contributed by atoms with Crippen LogP contribution in [-0.2, 0) is 24.0 Å². The maximum absolute atomic E-state index is 11.4. The minimum absolute atomic E-state index is 0.104. The highest BCUT2D eigenvalue weighted by atomic mass is 16.7. The SMILES string of the molecule is O=C(O)CC(CC(=O)O)(ON1CCCC1=O)C(=O)O. The maximum Gasteiger partial charge on any atom is 0.340 e. The molecule has 0 atom stereocenters. The zero-order chi connectivity index (χ0) is 14.6. The molecule has 0 bridgehead atoms. The zero-order valence-corrected chi connectivity index (χ0v) is 9.87. The molecule has 0 aromatic rings. The average Bonchev–Trinajstić information content (AvgIpc) is 2.61. The van der Waals surface area contributed by atoms with Crippen molar-refractivity contribution in [3.8, 4) is 0 Å². The first-order chi connectivity index (χ1) is 8.77. The second kappa shape index (κ2) is 5.65. The second-order valence-corrected chi connectivity index (χ2v) is 4.13. The molecule has 9 nitrogen and oxygen atoms in total. The summed E-state index contributed by atoms with van der Waals surface area (Å²) >= 11 is 0. The van der Waals surface area contributed by atoms with Crippen LogP contribution < -0.4 is 0 Å². The van der Waals surface area contributed by atoms with E-state index in [9.17, 15) is 19.2 Å². The van der Waals surface area contributed by atoms with Gasteiger partial charge < -0.3 is 15.3 Å². The molecule has 0 radical (unpaired) electrons. The minimum Gasteiger partial charge on any atom is -0.481 e. The first-order valence-electron chi connectivity index (χ1n) is 5.43. The van der Waals surface area contributed by atoms with Crippen LogP contribution in [0.1, 0.15) is 25.7 Å². The van der Waals surface area contributed by atoms with Gasteiger partial charge in [-0.1, -0.05) is 0 Å². The summed E-state index contributed by atoms with van der Waals surface area (Å²) in [5.74, 6) is -5.30. The van der Waals surface area contributed by atoms with Crippen LogP contribution in [0.3, 0.4) is 0 Å². The van der Waals surface area contributed by atoms with E-state index in [0.29, 0.717) is 6.42 Å². The monoisotopic (exact) mass is 275 g/mol. The molecule has 1 heterocycles. The number of hydroxylamine groups is 2. The molecule has 3 N–H and O–H groups in total. The number of carboxylic acid groups (broad SMARTS) is 3. The fourth-order valence-corrected chi connectivity index (χ4v) is 1.74. The van der Waals surface area contributed by atoms with Crippen LogP contribution in [0.2, 0.25) is 0 Å². The van der Waals surface area contributed by atoms with Gasteiger partial charge in [0.25, 0.3) is 0 Å². The Morgan fingerprint density at radius 3 is 2.00 bits per heavy atom. The van der Waals surface area contributed by atoms with E-state index in [1.807, 2.05) is 0 Å². The first-order valence-corrected chi connectivity index (χ1v) is 5.43. The van der Waals surface area contributed by atoms with E-state index in [0.717, 1.165) is 5.06 Å². The van der Waals surface area contributed by atoms with Crippen LogP contribution in [0.4, 0.5) is 0 Å². The lowest BCUT2D eigenvalue weighted by molar-refractivity contribution is -0.243. The van der Waals surface area contributed by atoms with Crippen molar-refractivity contribution >= 4 is 23.8 Å². The number of hydrogen-bond acceptors (Lipinski definition) is 5. The van der Waals surface area contributed by atoms with E-state index in [1.54, 1.807) is 0 Å². The van der Waals surface area contributed by atoms with Crippen LogP contribution >= 0.6 is 0 Å². The van der Waals surface area contributed by atoms with Crippen LogP contribution in [0.25, 0.3) is 0 Å². The van der Waals surface area contributed by atoms with Gasteiger partial charge in [-0.15, -0.1) is 0 Å². The summed E-state index contributed by atoms with van der Waals surface area (Å²) in [5.41, 5.74) is -2.49. The van der Waals surface area contributed by atoms with Crippen LogP contribution in [0, 0.1) is 0 Å². The van der Waals surface area contributed by atoms with Gasteiger partial charge in [-0.3, -0.25) is 19.2 Å². The molecule has 106 valence electrons. The highest BCUT2D eigenvalue weighted by Crippen LogP contribution is 2.26. The Hall–Kier alpha value is -2.16. The summed E-state index contributed by atoms with van der Waals surface area (Å²) in [6.07, 6.45) is -1.53. The predicted octanol–water partition coefficient (Wildman–Crippen LogP) is -0.687. The molecule has 1 rings (SSSR count). The Kier molecular flexibility index (Phi) is 4.43. The summed E-state index contributed by atoms with van der Waals surface area (Å²) in [4.78, 5) is 48.9. The molecule has 0 aliphatic carbocycles. The molecular weight excluding hydrogens is 262 g/mol. The lowest BCUT2D eigenvalue weighted by Gasteiger charge is -2.30. The third kappa shape index (κ3) is 3.65. The van der Waals surface area contributed by atoms with Gasteiger partial charge in [-0.25, -0.2) is 9.86 Å². The quantitative estimate of drug-likeness (QED) is 0.554. The lowest BCUT2D eigenvalue weighted by Crippen LogP contribution is -2.50. The predicted molar refractivity (Wildman–Crippen MR) is 56.9 cm³/mol. The number of carbonyl (C=O) groups excluding carboxylic acids is 1. The number of carboxylic acids is 3. The number of nitrogens with zero attached hydrogens (tertiary/aromatic N) is 1. The molecule has 1 fully saturated rings. The molecule has 1 aliphatic heterocycles. The van der Waals surface area contributed by atoms with Gasteiger partial charge in [0, 0.05) is 13.0 Å². The van der Waals surface area contributed by atoms with Crippen molar-refractivity contribution in [1.82, 2.24) is 5.06 Å². The Morgan fingerprint density at radius 1 is 1.16 bits per heavy atom. The van der Waals surface area contributed by atoms with Gasteiger partial charge >= 0.3 is 17.9 Å². The minimum atomic E-state index is -2.49. The zero-order valence-electron chi connectivity index (χ0n) is 9.87. The largest absolute Gasteiger partial charge is 0.481 e. The van der Waals surface area contributed by atoms with Gasteiger partial charge in [-0.05, 0) is 6.42 Å². The van der Waals surface area contributed by atoms with E-state index >= 15 is 0 Å². The van der Waals surface area contributed by atoms with Crippen molar-refractivity contribution in [3.05, 3.63) is 0 Å². The fraction of sp³-hybridized carbons (Fsp3) is 0.600. The van der Waals surface area contributed by atoms with Crippen molar-refractivity contribution in [2.45, 2.75) is 31.3 Å². The maximum atomic E-state index is 11.4. The fourth-order valence-electron chi connectivity index (χ4n) is 1.74. The first kappa shape index (κ1) is 14.9. The van der Waals surface area contributed by atoms with Crippen LogP contribution in [0.15, 0.2) is 0 Å². The normalized spacial score (nSPS) is 15.6. The Morgan fingerprint density at radius 2 is 1.68 bits per heavy atom. The molecule has 1 aliphatic rings. The van der Waals surface area contributed by atoms with Crippen LogP contribution in [-0.4, -0.2) is 56.3 Å². The smallest absolute Gasteiger partial charge is 0.340 e. The van der Waals surface area contributed by atoms with Gasteiger partial charge in [0.2, 0.25) is 11.5 Å². The average molecular weight is 275 g/mol. The van der Waals surface area contributed by atoms with Gasteiger partial charge in [0.05, 0.1) is 12.8 Å². The van der Waals surface area contributed by atoms with E-state index in [4.69, 9.17) is 20.2 Å². The third-order valence-electron chi connectivity index (χ3n) is 2.58. The molecule has 1 amide bonds. The molecule has 19 heavy (non-hydrogen) atoms. The number of hydrogen-bond donors (Lipinski definition) is 3. The summed E-state index contributed by atoms with van der Waals surface area (Å²) in [6, 6.07) is 0. The molecule has 0 spiro atoms. The Balaban J connectivity index is 2.99. The van der Waals surface area contributed by atoms with Gasteiger partial charge in [-0.2, -0.15) is 0 Å². The summed E-state index contributed by atoms with van der Waals surface area (Å²) in [5, 5.41) is 27.2. The molecule has 9 heteroatoms. The van der Waals surface area contributed by atoms with Crippen molar-refractivity contribution in [2.24, 2.45) is 0 Å². The summed E-state index contributed by atoms with van der Waals surface area (Å²) in [7, 11) is 0. The summed E-state index contributed by atoms with van der Waals surface area (Å²) in [6.45, 7) is 0.104. The van der Waals surface area contributed by atoms with Crippen molar-refractivity contribution in [1.29, 1.82) is 0 Å². The van der Waals surface area contributed by atoms with Crippen molar-refractivity contribution in [3.63, 3.8) is 0 Å². The molecular formula is C10H13NO8. The molecule has 0 aromatic carbocycles. The van der Waals surface area contributed by atoms with E-state index in [2.05, 4.69) is 0 Å². The van der Waals surface area contributed by atoms with Gasteiger partial charge in [0.1, 0.15) is 0 Å². The van der Waals surface area contributed by atoms with Crippen molar-refractivity contribution in [2.75, 3.05) is 6.54 Å². The highest BCUT2D eigenvalue weighted by molar-refractivity contribution is 5.88. The molecule has 1 saturated heterocycles. The van der Waals surface area contributed by atoms with E-state index < -0.39 is 42.3 Å². The van der Waals surface area contributed by atoms with Gasteiger partial charge in [0.15, 0.2) is 0 Å². The van der Waals surface area contributed by atoms with E-state index in [1.165, 1.54) is 0 Å². The number of amides is 1. The number of aliphatic carboxylic acids is 3. The number of carbonyl (C=O) groups is 4. The summed E-state index contributed by atoms with van der Waals surface area (Å²) < 4.78 is 0. The third-order valence-corrected chi connectivity index (χ3v) is 2.58.